The quantitative estimate of drug-likeness (QED) is 0.754. The first-order valence-corrected chi connectivity index (χ1v) is 6.77. The van der Waals surface area contributed by atoms with E-state index in [4.69, 9.17) is 5.11 Å². The summed E-state index contributed by atoms with van der Waals surface area (Å²) in [6.45, 7) is 0.614. The average molecular weight is 273 g/mol. The van der Waals surface area contributed by atoms with Crippen molar-refractivity contribution in [3.05, 3.63) is 48.3 Å². The summed E-state index contributed by atoms with van der Waals surface area (Å²) in [7, 11) is 0. The van der Waals surface area contributed by atoms with Crippen LogP contribution in [0.1, 0.15) is 24.8 Å². The van der Waals surface area contributed by atoms with E-state index in [0.717, 1.165) is 11.3 Å². The van der Waals surface area contributed by atoms with Crippen LogP contribution in [0.3, 0.4) is 0 Å². The molecule has 0 saturated heterocycles. The van der Waals surface area contributed by atoms with Crippen molar-refractivity contribution in [1.29, 1.82) is 0 Å². The molecule has 5 heteroatoms. The number of hydrogen-bond donors (Lipinski definition) is 2. The number of aliphatic hydroxyl groups excluding tert-OH is 1. The van der Waals surface area contributed by atoms with Gasteiger partial charge < -0.3 is 10.4 Å². The van der Waals surface area contributed by atoms with Gasteiger partial charge >= 0.3 is 0 Å². The standard InChI is InChI=1S/C15H19N3O2/c19-11-4-3-8-15(20)16-12-13-6-1-2-7-14(13)18-10-5-9-17-18/h1-2,5-7,9-10,19H,3-4,8,11-12H2,(H,16,20). The first-order valence-electron chi connectivity index (χ1n) is 6.77. The molecule has 20 heavy (non-hydrogen) atoms. The number of amides is 1. The number of nitrogens with one attached hydrogen (secondary N) is 1. The number of unbranched alkanes of at least 4 members (excludes halogenated alkanes) is 1. The number of aliphatic hydroxyl groups is 1. The molecule has 0 aliphatic carbocycles. The topological polar surface area (TPSA) is 67.2 Å². The van der Waals surface area contributed by atoms with E-state index in [-0.39, 0.29) is 12.5 Å². The van der Waals surface area contributed by atoms with E-state index in [9.17, 15) is 4.79 Å². The van der Waals surface area contributed by atoms with Crippen molar-refractivity contribution in [2.24, 2.45) is 0 Å². The van der Waals surface area contributed by atoms with Crippen molar-refractivity contribution in [3.8, 4) is 5.69 Å². The van der Waals surface area contributed by atoms with Crippen LogP contribution >= 0.6 is 0 Å². The summed E-state index contributed by atoms with van der Waals surface area (Å²) in [4.78, 5) is 11.7. The van der Waals surface area contributed by atoms with E-state index in [1.54, 1.807) is 10.9 Å². The van der Waals surface area contributed by atoms with E-state index in [1.807, 2.05) is 36.5 Å². The van der Waals surface area contributed by atoms with Crippen molar-refractivity contribution >= 4 is 5.91 Å². The third-order valence-corrected chi connectivity index (χ3v) is 3.03. The zero-order valence-electron chi connectivity index (χ0n) is 11.3. The summed E-state index contributed by atoms with van der Waals surface area (Å²) >= 11 is 0. The Hall–Kier alpha value is -2.14. The summed E-state index contributed by atoms with van der Waals surface area (Å²) < 4.78 is 1.78. The van der Waals surface area contributed by atoms with Crippen molar-refractivity contribution in [2.45, 2.75) is 25.8 Å². The van der Waals surface area contributed by atoms with Crippen LogP contribution in [-0.2, 0) is 11.3 Å². The minimum Gasteiger partial charge on any atom is -0.396 e. The lowest BCUT2D eigenvalue weighted by molar-refractivity contribution is -0.121. The Morgan fingerprint density at radius 2 is 2.10 bits per heavy atom. The minimum absolute atomic E-state index is 0.00807. The number of benzene rings is 1. The second-order valence-corrected chi connectivity index (χ2v) is 4.54. The van der Waals surface area contributed by atoms with Crippen molar-refractivity contribution < 1.29 is 9.90 Å². The lowest BCUT2D eigenvalue weighted by Crippen LogP contribution is -2.23. The molecule has 0 spiro atoms. The number of aromatic nitrogens is 2. The van der Waals surface area contributed by atoms with E-state index in [0.29, 0.717) is 25.8 Å². The minimum atomic E-state index is 0.00807. The smallest absolute Gasteiger partial charge is 0.220 e. The molecule has 0 atom stereocenters. The highest BCUT2D eigenvalue weighted by Gasteiger charge is 2.06. The molecule has 0 saturated carbocycles. The zero-order valence-corrected chi connectivity index (χ0v) is 11.3. The highest BCUT2D eigenvalue weighted by Crippen LogP contribution is 2.13. The molecular formula is C15H19N3O2. The van der Waals surface area contributed by atoms with Gasteiger partial charge in [-0.1, -0.05) is 18.2 Å². The second kappa shape index (κ2) is 7.45. The number of carbonyl (C=O) groups is 1. The van der Waals surface area contributed by atoms with Crippen LogP contribution in [0.25, 0.3) is 5.69 Å². The molecule has 0 aliphatic rings. The van der Waals surface area contributed by atoms with E-state index >= 15 is 0 Å². The van der Waals surface area contributed by atoms with Crippen LogP contribution < -0.4 is 5.32 Å². The van der Waals surface area contributed by atoms with Crippen LogP contribution in [0.2, 0.25) is 0 Å². The largest absolute Gasteiger partial charge is 0.396 e. The molecule has 1 aromatic carbocycles. The Morgan fingerprint density at radius 1 is 1.25 bits per heavy atom. The van der Waals surface area contributed by atoms with Crippen molar-refractivity contribution in [3.63, 3.8) is 0 Å². The van der Waals surface area contributed by atoms with Gasteiger partial charge in [0.05, 0.1) is 5.69 Å². The van der Waals surface area contributed by atoms with Gasteiger partial charge in [0, 0.05) is 32.0 Å². The third-order valence-electron chi connectivity index (χ3n) is 3.03. The van der Waals surface area contributed by atoms with Gasteiger partial charge in [-0.2, -0.15) is 5.10 Å². The maximum absolute atomic E-state index is 11.7. The normalized spacial score (nSPS) is 10.4. The van der Waals surface area contributed by atoms with Gasteiger partial charge in [-0.15, -0.1) is 0 Å². The van der Waals surface area contributed by atoms with Crippen LogP contribution in [-0.4, -0.2) is 27.4 Å². The lowest BCUT2D eigenvalue weighted by atomic mass is 10.1. The number of para-hydroxylation sites is 1. The Bertz CT molecular complexity index is 538. The molecule has 1 amide bonds. The van der Waals surface area contributed by atoms with Gasteiger partial charge in [-0.05, 0) is 30.5 Å². The number of carbonyl (C=O) groups excluding carboxylic acids is 1. The molecule has 0 bridgehead atoms. The van der Waals surface area contributed by atoms with Gasteiger partial charge in [0.15, 0.2) is 0 Å². The zero-order chi connectivity index (χ0) is 14.2. The number of hydrogen-bond acceptors (Lipinski definition) is 3. The maximum atomic E-state index is 11.7. The first kappa shape index (κ1) is 14.3. The van der Waals surface area contributed by atoms with E-state index < -0.39 is 0 Å². The van der Waals surface area contributed by atoms with Crippen LogP contribution in [0.4, 0.5) is 0 Å². The van der Waals surface area contributed by atoms with Gasteiger partial charge in [-0.3, -0.25) is 4.79 Å². The fourth-order valence-corrected chi connectivity index (χ4v) is 1.97. The molecule has 1 heterocycles. The maximum Gasteiger partial charge on any atom is 0.220 e. The van der Waals surface area contributed by atoms with Crippen LogP contribution in [0.5, 0.6) is 0 Å². The SMILES string of the molecule is O=C(CCCCO)NCc1ccccc1-n1cccn1. The summed E-state index contributed by atoms with van der Waals surface area (Å²) in [5.41, 5.74) is 1.99. The fraction of sp³-hybridized carbons (Fsp3) is 0.333. The van der Waals surface area contributed by atoms with Gasteiger partial charge in [0.25, 0.3) is 0 Å². The molecule has 0 fully saturated rings. The predicted molar refractivity (Wildman–Crippen MR) is 76.3 cm³/mol. The number of rotatable bonds is 7. The highest BCUT2D eigenvalue weighted by atomic mass is 16.3. The van der Waals surface area contributed by atoms with Gasteiger partial charge in [0.1, 0.15) is 0 Å². The van der Waals surface area contributed by atoms with Crippen molar-refractivity contribution in [2.75, 3.05) is 6.61 Å². The molecule has 5 nitrogen and oxygen atoms in total. The molecule has 0 aliphatic heterocycles. The Kier molecular flexibility index (Phi) is 5.32. The predicted octanol–water partition coefficient (Wildman–Crippen LogP) is 1.65. The lowest BCUT2D eigenvalue weighted by Gasteiger charge is -2.10. The highest BCUT2D eigenvalue weighted by molar-refractivity contribution is 5.75. The molecular weight excluding hydrogens is 254 g/mol. The Labute approximate surface area is 118 Å². The van der Waals surface area contributed by atoms with Crippen LogP contribution in [0, 0.1) is 0 Å². The molecule has 2 rings (SSSR count). The fourth-order valence-electron chi connectivity index (χ4n) is 1.97. The van der Waals surface area contributed by atoms with Gasteiger partial charge in [0.2, 0.25) is 5.91 Å². The molecule has 2 aromatic rings. The van der Waals surface area contributed by atoms with E-state index in [1.165, 1.54) is 0 Å². The number of nitrogens with zero attached hydrogens (tertiary/aromatic N) is 2. The average Bonchev–Trinajstić information content (AvgIpc) is 3.00. The Morgan fingerprint density at radius 3 is 2.85 bits per heavy atom. The Balaban J connectivity index is 1.95. The summed E-state index contributed by atoms with van der Waals surface area (Å²) in [6.07, 6.45) is 5.43. The van der Waals surface area contributed by atoms with Gasteiger partial charge in [-0.25, -0.2) is 4.68 Å². The van der Waals surface area contributed by atoms with Crippen LogP contribution in [0.15, 0.2) is 42.7 Å². The molecule has 106 valence electrons. The molecule has 1 aromatic heterocycles. The summed E-state index contributed by atoms with van der Waals surface area (Å²) in [5, 5.41) is 15.8. The summed E-state index contributed by atoms with van der Waals surface area (Å²) in [5.74, 6) is 0.00807. The molecule has 2 N–H and O–H groups in total. The van der Waals surface area contributed by atoms with E-state index in [2.05, 4.69) is 10.4 Å². The molecule has 0 unspecified atom stereocenters. The molecule has 0 radical (unpaired) electrons. The van der Waals surface area contributed by atoms with Crippen molar-refractivity contribution in [1.82, 2.24) is 15.1 Å². The third kappa shape index (κ3) is 3.93. The monoisotopic (exact) mass is 273 g/mol. The first-order chi connectivity index (χ1) is 9.81. The summed E-state index contributed by atoms with van der Waals surface area (Å²) in [6, 6.07) is 9.71. The second-order valence-electron chi connectivity index (χ2n) is 4.54.